The molecule has 0 unspecified atom stereocenters. The molecule has 0 radical (unpaired) electrons. The average molecular weight is 577 g/mol. The molecule has 3 aromatic carbocycles. The Morgan fingerprint density at radius 2 is 1.58 bits per heavy atom. The molecule has 0 aliphatic carbocycles. The maximum atomic E-state index is 13.6. The van der Waals surface area contributed by atoms with Gasteiger partial charge in [0.2, 0.25) is 5.91 Å². The highest BCUT2D eigenvalue weighted by Crippen LogP contribution is 2.37. The van der Waals surface area contributed by atoms with E-state index in [-0.39, 0.29) is 23.9 Å². The maximum absolute atomic E-state index is 13.6. The van der Waals surface area contributed by atoms with Crippen molar-refractivity contribution in [2.24, 2.45) is 5.92 Å². The highest BCUT2D eigenvalue weighted by atomic mass is 16.5. The van der Waals surface area contributed by atoms with Crippen molar-refractivity contribution in [3.63, 3.8) is 0 Å². The minimum Gasteiger partial charge on any atom is -0.453 e. The SMILES string of the molecule is COC(=O)N[C@H](C(=O)N1[C@@H](C)CC[C@H]1c1ncc(-c2ccc(-c3ccc4cc(-c5cnc[nH]5)ccc4c3)cc2)[nH]1)C(C)C. The number of likely N-dealkylation sites (tertiary alicyclic amines) is 1. The first-order chi connectivity index (χ1) is 20.8. The lowest BCUT2D eigenvalue weighted by molar-refractivity contribution is -0.137. The van der Waals surface area contributed by atoms with E-state index in [1.807, 2.05) is 38.1 Å². The second-order valence-corrected chi connectivity index (χ2v) is 11.5. The molecule has 9 heteroatoms. The third kappa shape index (κ3) is 5.62. The Hall–Kier alpha value is -4.92. The number of fused-ring (bicyclic) bond motifs is 1. The number of carbonyl (C=O) groups excluding carboxylic acids is 2. The Morgan fingerprint density at radius 1 is 0.907 bits per heavy atom. The Balaban J connectivity index is 1.20. The fourth-order valence-corrected chi connectivity index (χ4v) is 5.99. The van der Waals surface area contributed by atoms with Gasteiger partial charge in [0, 0.05) is 11.6 Å². The summed E-state index contributed by atoms with van der Waals surface area (Å²) in [5, 5.41) is 5.07. The summed E-state index contributed by atoms with van der Waals surface area (Å²) in [6.07, 6.45) is 6.40. The fourth-order valence-electron chi connectivity index (χ4n) is 5.99. The minimum absolute atomic E-state index is 0.0325. The maximum Gasteiger partial charge on any atom is 0.407 e. The van der Waals surface area contributed by atoms with E-state index in [0.717, 1.165) is 52.3 Å². The van der Waals surface area contributed by atoms with Gasteiger partial charge in [-0.15, -0.1) is 0 Å². The number of hydrogen-bond acceptors (Lipinski definition) is 5. The molecule has 3 atom stereocenters. The number of rotatable bonds is 7. The van der Waals surface area contributed by atoms with Crippen LogP contribution in [0.2, 0.25) is 0 Å². The largest absolute Gasteiger partial charge is 0.453 e. The number of nitrogens with one attached hydrogen (secondary N) is 3. The number of methoxy groups -OCH3 is 1. The van der Waals surface area contributed by atoms with Gasteiger partial charge >= 0.3 is 6.09 Å². The molecule has 3 N–H and O–H groups in total. The molecule has 3 heterocycles. The first kappa shape index (κ1) is 28.2. The first-order valence-corrected chi connectivity index (χ1v) is 14.7. The number of benzene rings is 3. The van der Waals surface area contributed by atoms with Crippen LogP contribution in [-0.4, -0.2) is 56.0 Å². The van der Waals surface area contributed by atoms with Gasteiger partial charge < -0.3 is 24.9 Å². The van der Waals surface area contributed by atoms with Crippen LogP contribution in [0.3, 0.4) is 0 Å². The highest BCUT2D eigenvalue weighted by molar-refractivity contribution is 5.90. The summed E-state index contributed by atoms with van der Waals surface area (Å²) >= 11 is 0. The number of ether oxygens (including phenoxy) is 1. The third-order valence-corrected chi connectivity index (χ3v) is 8.40. The number of alkyl carbamates (subject to hydrolysis) is 1. The van der Waals surface area contributed by atoms with Crippen LogP contribution in [0.5, 0.6) is 0 Å². The number of aromatic amines is 2. The smallest absolute Gasteiger partial charge is 0.407 e. The van der Waals surface area contributed by atoms with Gasteiger partial charge in [-0.3, -0.25) is 4.79 Å². The molecule has 1 aliphatic heterocycles. The van der Waals surface area contributed by atoms with E-state index >= 15 is 0 Å². The lowest BCUT2D eigenvalue weighted by Crippen LogP contribution is -2.52. The van der Waals surface area contributed by atoms with Crippen LogP contribution in [-0.2, 0) is 9.53 Å². The molecule has 6 rings (SSSR count). The Labute approximate surface area is 250 Å². The zero-order chi connectivity index (χ0) is 30.1. The van der Waals surface area contributed by atoms with E-state index in [4.69, 9.17) is 9.72 Å². The van der Waals surface area contributed by atoms with Crippen LogP contribution in [0.15, 0.2) is 79.4 Å². The van der Waals surface area contributed by atoms with Crippen molar-refractivity contribution >= 4 is 22.8 Å². The fraction of sp³-hybridized carbons (Fsp3) is 0.294. The molecule has 0 spiro atoms. The summed E-state index contributed by atoms with van der Waals surface area (Å²) in [5.74, 6) is 0.541. The van der Waals surface area contributed by atoms with Gasteiger partial charge in [-0.1, -0.05) is 62.4 Å². The van der Waals surface area contributed by atoms with Gasteiger partial charge in [0.15, 0.2) is 0 Å². The lowest BCUT2D eigenvalue weighted by atomic mass is 9.98. The Morgan fingerprint density at radius 3 is 2.26 bits per heavy atom. The second kappa shape index (κ2) is 11.8. The van der Waals surface area contributed by atoms with E-state index in [1.54, 1.807) is 6.33 Å². The number of imidazole rings is 2. The molecule has 0 saturated carbocycles. The van der Waals surface area contributed by atoms with Crippen molar-refractivity contribution in [2.45, 2.75) is 51.7 Å². The molecule has 5 aromatic rings. The molecule has 1 saturated heterocycles. The summed E-state index contributed by atoms with van der Waals surface area (Å²) in [6, 6.07) is 20.5. The van der Waals surface area contributed by atoms with Crippen molar-refractivity contribution in [3.8, 4) is 33.6 Å². The molecule has 2 aromatic heterocycles. The molecule has 9 nitrogen and oxygen atoms in total. The topological polar surface area (TPSA) is 116 Å². The zero-order valence-corrected chi connectivity index (χ0v) is 24.8. The number of nitrogens with zero attached hydrogens (tertiary/aromatic N) is 3. The van der Waals surface area contributed by atoms with Gasteiger partial charge in [0.25, 0.3) is 0 Å². The second-order valence-electron chi connectivity index (χ2n) is 11.5. The van der Waals surface area contributed by atoms with Crippen LogP contribution < -0.4 is 5.32 Å². The van der Waals surface area contributed by atoms with Crippen molar-refractivity contribution in [1.82, 2.24) is 30.2 Å². The van der Waals surface area contributed by atoms with Crippen molar-refractivity contribution in [1.29, 1.82) is 0 Å². The third-order valence-electron chi connectivity index (χ3n) is 8.40. The van der Waals surface area contributed by atoms with E-state index < -0.39 is 12.1 Å². The first-order valence-electron chi connectivity index (χ1n) is 14.7. The van der Waals surface area contributed by atoms with E-state index in [9.17, 15) is 9.59 Å². The molecule has 0 bridgehead atoms. The van der Waals surface area contributed by atoms with Gasteiger partial charge in [-0.25, -0.2) is 14.8 Å². The summed E-state index contributed by atoms with van der Waals surface area (Å²) in [5.41, 5.74) is 6.30. The molecular formula is C34H36N6O3. The van der Waals surface area contributed by atoms with Gasteiger partial charge in [0.1, 0.15) is 11.9 Å². The quantitative estimate of drug-likeness (QED) is 0.199. The van der Waals surface area contributed by atoms with Crippen molar-refractivity contribution < 1.29 is 14.3 Å². The van der Waals surface area contributed by atoms with Crippen LogP contribution in [0.4, 0.5) is 4.79 Å². The average Bonchev–Trinajstić information content (AvgIpc) is 3.80. The number of H-pyrrole nitrogens is 2. The summed E-state index contributed by atoms with van der Waals surface area (Å²) in [6.45, 7) is 5.87. The summed E-state index contributed by atoms with van der Waals surface area (Å²) in [7, 11) is 1.30. The normalized spacial score (nSPS) is 17.4. The highest BCUT2D eigenvalue weighted by Gasteiger charge is 2.41. The lowest BCUT2D eigenvalue weighted by Gasteiger charge is -2.32. The predicted octanol–water partition coefficient (Wildman–Crippen LogP) is 6.72. The van der Waals surface area contributed by atoms with Crippen LogP contribution in [0.25, 0.3) is 44.4 Å². The molecule has 1 aliphatic rings. The predicted molar refractivity (Wildman–Crippen MR) is 167 cm³/mol. The van der Waals surface area contributed by atoms with Gasteiger partial charge in [-0.2, -0.15) is 0 Å². The number of amides is 2. The molecular weight excluding hydrogens is 540 g/mol. The van der Waals surface area contributed by atoms with Crippen LogP contribution in [0.1, 0.15) is 45.5 Å². The Kier molecular flexibility index (Phi) is 7.71. The molecule has 2 amide bonds. The van der Waals surface area contributed by atoms with Gasteiger partial charge in [0.05, 0.1) is 43.3 Å². The number of carbonyl (C=O) groups is 2. The van der Waals surface area contributed by atoms with Crippen molar-refractivity contribution in [3.05, 3.63) is 85.2 Å². The standard InChI is InChI=1S/C34H36N6O3/c1-20(2)31(39-34(42)43-4)33(41)40-21(3)5-14-30(40)32-36-18-29(38-32)23-8-6-22(7-9-23)24-10-11-26-16-27(13-12-25(26)15-24)28-17-35-19-37-28/h6-13,15-21,30-31H,5,14H2,1-4H3,(H,35,37)(H,36,38)(H,39,42)/t21-,30-,31-/m0/s1. The van der Waals surface area contributed by atoms with E-state index in [0.29, 0.717) is 0 Å². The minimum atomic E-state index is -0.675. The van der Waals surface area contributed by atoms with Crippen molar-refractivity contribution in [2.75, 3.05) is 7.11 Å². The summed E-state index contributed by atoms with van der Waals surface area (Å²) in [4.78, 5) is 42.9. The van der Waals surface area contributed by atoms with E-state index in [1.165, 1.54) is 17.9 Å². The summed E-state index contributed by atoms with van der Waals surface area (Å²) < 4.78 is 4.76. The monoisotopic (exact) mass is 576 g/mol. The molecule has 220 valence electrons. The Bertz CT molecular complexity index is 1740. The van der Waals surface area contributed by atoms with Gasteiger partial charge in [-0.05, 0) is 65.3 Å². The van der Waals surface area contributed by atoms with E-state index in [2.05, 4.69) is 80.9 Å². The van der Waals surface area contributed by atoms with Crippen LogP contribution in [0, 0.1) is 5.92 Å². The molecule has 1 fully saturated rings. The molecule has 43 heavy (non-hydrogen) atoms. The number of hydrogen-bond donors (Lipinski definition) is 3. The number of aromatic nitrogens is 4. The zero-order valence-electron chi connectivity index (χ0n) is 24.8. The van der Waals surface area contributed by atoms with Crippen LogP contribution >= 0.6 is 0 Å².